The van der Waals surface area contributed by atoms with E-state index >= 15 is 0 Å². The first-order chi connectivity index (χ1) is 6.72. The maximum atomic E-state index is 10.7. The normalized spacial score (nSPS) is 10.6. The van der Waals surface area contributed by atoms with Crippen molar-refractivity contribution in [2.45, 2.75) is 5.75 Å². The Morgan fingerprint density at radius 3 is 2.93 bits per heavy atom. The van der Waals surface area contributed by atoms with Gasteiger partial charge in [0.15, 0.2) is 5.65 Å². The van der Waals surface area contributed by atoms with E-state index in [9.17, 15) is 4.79 Å². The maximum Gasteiger partial charge on any atom is 0.337 e. The van der Waals surface area contributed by atoms with Crippen LogP contribution in [0.1, 0.15) is 16.2 Å². The molecule has 2 heterocycles. The van der Waals surface area contributed by atoms with Gasteiger partial charge in [0.05, 0.1) is 11.3 Å². The number of carbonyl (C=O) groups is 1. The number of carboxylic acids is 1. The van der Waals surface area contributed by atoms with Crippen molar-refractivity contribution in [1.29, 1.82) is 0 Å². The minimum atomic E-state index is -0.967. The van der Waals surface area contributed by atoms with Crippen LogP contribution in [-0.4, -0.2) is 25.7 Å². The van der Waals surface area contributed by atoms with Crippen molar-refractivity contribution in [3.05, 3.63) is 29.7 Å². The van der Waals surface area contributed by atoms with E-state index < -0.39 is 5.97 Å². The molecule has 0 fully saturated rings. The van der Waals surface area contributed by atoms with Gasteiger partial charge in [-0.2, -0.15) is 12.6 Å². The highest BCUT2D eigenvalue weighted by Gasteiger charge is 2.07. The maximum absolute atomic E-state index is 10.7. The van der Waals surface area contributed by atoms with Crippen LogP contribution in [0.3, 0.4) is 0 Å². The molecule has 0 bridgehead atoms. The Labute approximate surface area is 84.8 Å². The standard InChI is InChI=1S/C8H7N3O2S/c12-8(13)5-1-2-6-9-10-7(4-14)11(6)3-5/h1-3,14H,4H2,(H,12,13). The molecule has 0 aliphatic heterocycles. The van der Waals surface area contributed by atoms with Crippen molar-refractivity contribution < 1.29 is 9.90 Å². The lowest BCUT2D eigenvalue weighted by Gasteiger charge is -1.97. The number of pyridine rings is 1. The molecule has 6 heteroatoms. The molecule has 0 saturated heterocycles. The topological polar surface area (TPSA) is 67.5 Å². The molecule has 1 N–H and O–H groups in total. The third kappa shape index (κ3) is 1.33. The first kappa shape index (κ1) is 9.01. The first-order valence-electron chi connectivity index (χ1n) is 3.90. The van der Waals surface area contributed by atoms with Crippen LogP contribution in [-0.2, 0) is 5.75 Å². The van der Waals surface area contributed by atoms with Gasteiger partial charge in [0.2, 0.25) is 0 Å². The quantitative estimate of drug-likeness (QED) is 0.720. The minimum absolute atomic E-state index is 0.209. The molecule has 2 aromatic heterocycles. The Morgan fingerprint density at radius 1 is 1.50 bits per heavy atom. The molecule has 0 atom stereocenters. The lowest BCUT2D eigenvalue weighted by Crippen LogP contribution is -2.00. The minimum Gasteiger partial charge on any atom is -0.478 e. The summed E-state index contributed by atoms with van der Waals surface area (Å²) >= 11 is 4.07. The summed E-state index contributed by atoms with van der Waals surface area (Å²) in [5.41, 5.74) is 0.833. The molecular weight excluding hydrogens is 202 g/mol. The van der Waals surface area contributed by atoms with Gasteiger partial charge < -0.3 is 5.11 Å². The molecule has 0 aromatic carbocycles. The predicted octanol–water partition coefficient (Wildman–Crippen LogP) is 0.857. The van der Waals surface area contributed by atoms with Crippen LogP contribution < -0.4 is 0 Å². The summed E-state index contributed by atoms with van der Waals surface area (Å²) < 4.78 is 1.62. The Balaban J connectivity index is 2.67. The molecule has 2 rings (SSSR count). The predicted molar refractivity (Wildman–Crippen MR) is 52.6 cm³/mol. The average molecular weight is 209 g/mol. The van der Waals surface area contributed by atoms with E-state index in [1.807, 2.05) is 0 Å². The number of fused-ring (bicyclic) bond motifs is 1. The Morgan fingerprint density at radius 2 is 2.29 bits per heavy atom. The SMILES string of the molecule is O=C(O)c1ccc2nnc(CS)n2c1. The van der Waals surface area contributed by atoms with Crippen molar-refractivity contribution in [2.24, 2.45) is 0 Å². The molecule has 14 heavy (non-hydrogen) atoms. The molecular formula is C8H7N3O2S. The van der Waals surface area contributed by atoms with Gasteiger partial charge in [0.25, 0.3) is 0 Å². The number of rotatable bonds is 2. The fraction of sp³-hybridized carbons (Fsp3) is 0.125. The number of thiol groups is 1. The summed E-state index contributed by atoms with van der Waals surface area (Å²) in [7, 11) is 0. The summed E-state index contributed by atoms with van der Waals surface area (Å²) in [6, 6.07) is 3.11. The summed E-state index contributed by atoms with van der Waals surface area (Å²) in [5, 5.41) is 16.5. The van der Waals surface area contributed by atoms with E-state index in [2.05, 4.69) is 22.8 Å². The average Bonchev–Trinajstić information content (AvgIpc) is 2.59. The van der Waals surface area contributed by atoms with Crippen LogP contribution in [0.5, 0.6) is 0 Å². The van der Waals surface area contributed by atoms with Crippen molar-refractivity contribution in [2.75, 3.05) is 0 Å². The molecule has 0 radical (unpaired) electrons. The zero-order valence-corrected chi connectivity index (χ0v) is 7.98. The van der Waals surface area contributed by atoms with Gasteiger partial charge in [0, 0.05) is 6.20 Å². The van der Waals surface area contributed by atoms with Crippen molar-refractivity contribution >= 4 is 24.2 Å². The van der Waals surface area contributed by atoms with E-state index in [1.165, 1.54) is 12.3 Å². The number of hydrogen-bond acceptors (Lipinski definition) is 4. The van der Waals surface area contributed by atoms with E-state index in [-0.39, 0.29) is 5.56 Å². The first-order valence-corrected chi connectivity index (χ1v) is 4.53. The van der Waals surface area contributed by atoms with Crippen LogP contribution in [0.2, 0.25) is 0 Å². The van der Waals surface area contributed by atoms with E-state index in [0.29, 0.717) is 17.2 Å². The van der Waals surface area contributed by atoms with Crippen LogP contribution in [0.15, 0.2) is 18.3 Å². The number of nitrogens with zero attached hydrogens (tertiary/aromatic N) is 3. The molecule has 0 amide bonds. The monoisotopic (exact) mass is 209 g/mol. The van der Waals surface area contributed by atoms with Crippen LogP contribution in [0, 0.1) is 0 Å². The third-order valence-electron chi connectivity index (χ3n) is 1.86. The van der Waals surface area contributed by atoms with Gasteiger partial charge >= 0.3 is 5.97 Å². The van der Waals surface area contributed by atoms with Crippen LogP contribution in [0.25, 0.3) is 5.65 Å². The van der Waals surface area contributed by atoms with Crippen LogP contribution >= 0.6 is 12.6 Å². The zero-order valence-electron chi connectivity index (χ0n) is 7.08. The fourth-order valence-electron chi connectivity index (χ4n) is 1.17. The molecule has 0 spiro atoms. The largest absolute Gasteiger partial charge is 0.478 e. The summed E-state index contributed by atoms with van der Waals surface area (Å²) in [6.45, 7) is 0. The van der Waals surface area contributed by atoms with Gasteiger partial charge in [-0.05, 0) is 12.1 Å². The smallest absolute Gasteiger partial charge is 0.337 e. The molecule has 0 aliphatic carbocycles. The number of hydrogen-bond donors (Lipinski definition) is 2. The van der Waals surface area contributed by atoms with Gasteiger partial charge in [0.1, 0.15) is 5.82 Å². The fourth-order valence-corrected chi connectivity index (χ4v) is 1.39. The number of aromatic nitrogens is 3. The highest BCUT2D eigenvalue weighted by Crippen LogP contribution is 2.08. The second kappa shape index (κ2) is 3.30. The molecule has 72 valence electrons. The summed E-state index contributed by atoms with van der Waals surface area (Å²) in [5.74, 6) is 0.0849. The highest BCUT2D eigenvalue weighted by atomic mass is 32.1. The van der Waals surface area contributed by atoms with E-state index in [4.69, 9.17) is 5.11 Å². The third-order valence-corrected chi connectivity index (χ3v) is 2.14. The van der Waals surface area contributed by atoms with Gasteiger partial charge in [-0.15, -0.1) is 10.2 Å². The highest BCUT2D eigenvalue weighted by molar-refractivity contribution is 7.79. The molecule has 0 unspecified atom stereocenters. The Bertz CT molecular complexity index is 494. The second-order valence-corrected chi connectivity index (χ2v) is 3.04. The Hall–Kier alpha value is -1.56. The molecule has 5 nitrogen and oxygen atoms in total. The molecule has 2 aromatic rings. The van der Waals surface area contributed by atoms with Crippen molar-refractivity contribution in [1.82, 2.24) is 14.6 Å². The van der Waals surface area contributed by atoms with Gasteiger partial charge in [-0.3, -0.25) is 4.40 Å². The van der Waals surface area contributed by atoms with Gasteiger partial charge in [-0.25, -0.2) is 4.79 Å². The van der Waals surface area contributed by atoms with Crippen molar-refractivity contribution in [3.63, 3.8) is 0 Å². The second-order valence-electron chi connectivity index (χ2n) is 2.73. The van der Waals surface area contributed by atoms with Crippen molar-refractivity contribution in [3.8, 4) is 0 Å². The lowest BCUT2D eigenvalue weighted by molar-refractivity contribution is 0.0696. The molecule has 0 aliphatic rings. The van der Waals surface area contributed by atoms with E-state index in [0.717, 1.165) is 0 Å². The van der Waals surface area contributed by atoms with E-state index in [1.54, 1.807) is 10.5 Å². The number of carboxylic acid groups (broad SMARTS) is 1. The zero-order chi connectivity index (χ0) is 10.1. The Kier molecular flexibility index (Phi) is 2.12. The lowest BCUT2D eigenvalue weighted by atomic mass is 10.3. The summed E-state index contributed by atoms with van der Waals surface area (Å²) in [6.07, 6.45) is 1.49. The number of aromatic carboxylic acids is 1. The molecule has 0 saturated carbocycles. The summed E-state index contributed by atoms with van der Waals surface area (Å²) in [4.78, 5) is 10.7. The van der Waals surface area contributed by atoms with Gasteiger partial charge in [-0.1, -0.05) is 0 Å². The van der Waals surface area contributed by atoms with Crippen LogP contribution in [0.4, 0.5) is 0 Å².